The van der Waals surface area contributed by atoms with E-state index in [4.69, 9.17) is 18.9 Å². The van der Waals surface area contributed by atoms with Gasteiger partial charge in [0, 0.05) is 77.9 Å². The third-order valence-corrected chi connectivity index (χ3v) is 26.0. The number of nitrogens with zero attached hydrogens (tertiary/aromatic N) is 6. The minimum absolute atomic E-state index is 0.166. The van der Waals surface area contributed by atoms with Crippen molar-refractivity contribution in [2.24, 2.45) is 0 Å². The Labute approximate surface area is 744 Å². The Balaban J connectivity index is 0.572. The van der Waals surface area contributed by atoms with E-state index in [1.54, 1.807) is 0 Å². The first-order chi connectivity index (χ1) is 62.5. The standard InChI is InChI=1S/C118H88N6O4/c1-73-63-89(75-43-53-85(54-44-75)119-97-31-15-21-37-105(97)125-106-38-22-16-32-98(106)119)113-93(65-73)94-66-74(2)64-90(114(94)123(113)83-27-11-9-12-28-83)76-45-55-87(56-46-76)121-101-35-19-25-41-109(101)127-111-67-79(51-61-103(111)121)80-52-62-104-112(68-80)128-110-42-26-20-36-102(110)122(104)88-59-49-78(50-60-88)92-70-82(118(6,7)8)72-96-95-71-81(117(3,4)5)69-91(115(95)124(116(92)96)84-29-13-10-14-30-84)77-47-57-86(58-48-77)120-99-33-17-23-39-107(99)126-108-40-24-18-34-100(108)120/h9-72H,1-8H3. The van der Waals surface area contributed by atoms with Gasteiger partial charge in [0.1, 0.15) is 0 Å². The summed E-state index contributed by atoms with van der Waals surface area (Å²) in [4.78, 5) is 9.29. The minimum atomic E-state index is -0.183. The van der Waals surface area contributed by atoms with Crippen LogP contribution in [0.4, 0.5) is 68.2 Å². The summed E-state index contributed by atoms with van der Waals surface area (Å²) in [6.45, 7) is 18.4. The fourth-order valence-electron chi connectivity index (χ4n) is 19.8. The van der Waals surface area contributed by atoms with Crippen molar-refractivity contribution in [2.45, 2.75) is 66.2 Å². The van der Waals surface area contributed by atoms with E-state index in [0.29, 0.717) is 0 Å². The van der Waals surface area contributed by atoms with Gasteiger partial charge in [-0.1, -0.05) is 211 Å². The van der Waals surface area contributed by atoms with Gasteiger partial charge in [-0.25, -0.2) is 0 Å². The van der Waals surface area contributed by atoms with Crippen LogP contribution in [0.1, 0.15) is 63.8 Å². The zero-order chi connectivity index (χ0) is 86.0. The van der Waals surface area contributed by atoms with Crippen molar-refractivity contribution in [3.63, 3.8) is 0 Å². The summed E-state index contributed by atoms with van der Waals surface area (Å²) < 4.78 is 31.9. The van der Waals surface area contributed by atoms with Gasteiger partial charge in [-0.2, -0.15) is 0 Å². The molecule has 0 saturated heterocycles. The molecule has 10 nitrogen and oxygen atoms in total. The third-order valence-electron chi connectivity index (χ3n) is 26.0. The molecule has 2 aromatic heterocycles. The Hall–Kier alpha value is -16.0. The number of benzene rings is 18. The highest BCUT2D eigenvalue weighted by Crippen LogP contribution is 2.59. The smallest absolute Gasteiger partial charge is 0.152 e. The van der Waals surface area contributed by atoms with E-state index in [0.717, 1.165) is 198 Å². The first kappa shape index (κ1) is 75.7. The van der Waals surface area contributed by atoms with Crippen LogP contribution in [0.25, 0.3) is 111 Å². The molecular formula is C118H88N6O4. The zero-order valence-electron chi connectivity index (χ0n) is 72.3. The quantitative estimate of drug-likeness (QED) is 0.127. The van der Waals surface area contributed by atoms with E-state index < -0.39 is 0 Å². The normalized spacial score (nSPS) is 13.0. The molecule has 0 saturated carbocycles. The fraction of sp³-hybridized carbons (Fsp3) is 0.0847. The van der Waals surface area contributed by atoms with E-state index in [-0.39, 0.29) is 10.8 Å². The first-order valence-corrected chi connectivity index (χ1v) is 44.1. The highest BCUT2D eigenvalue weighted by Gasteiger charge is 2.35. The lowest BCUT2D eigenvalue weighted by molar-refractivity contribution is 0.476. The molecule has 0 aliphatic carbocycles. The second kappa shape index (κ2) is 29.3. The maximum absolute atomic E-state index is 7.01. The molecule has 24 rings (SSSR count). The molecule has 0 bridgehead atoms. The number of rotatable bonds is 11. The van der Waals surface area contributed by atoms with Crippen molar-refractivity contribution >= 4 is 112 Å². The van der Waals surface area contributed by atoms with Crippen LogP contribution < -0.4 is 38.5 Å². The van der Waals surface area contributed by atoms with Crippen LogP contribution in [-0.2, 0) is 10.8 Å². The van der Waals surface area contributed by atoms with E-state index in [1.807, 2.05) is 54.6 Å². The van der Waals surface area contributed by atoms with Gasteiger partial charge in [0.2, 0.25) is 0 Å². The number of aromatic nitrogens is 2. The molecule has 0 fully saturated rings. The van der Waals surface area contributed by atoms with Crippen molar-refractivity contribution in [2.75, 3.05) is 19.6 Å². The number of hydrogen-bond acceptors (Lipinski definition) is 8. The summed E-state index contributed by atoms with van der Waals surface area (Å²) in [6.07, 6.45) is 0. The summed E-state index contributed by atoms with van der Waals surface area (Å²) >= 11 is 0. The van der Waals surface area contributed by atoms with Crippen LogP contribution in [0.15, 0.2) is 388 Å². The summed E-state index contributed by atoms with van der Waals surface area (Å²) in [6, 6.07) is 141. The van der Waals surface area contributed by atoms with E-state index >= 15 is 0 Å². The molecule has 614 valence electrons. The summed E-state index contributed by atoms with van der Waals surface area (Å²) in [5.74, 6) is 6.35. The molecular weight excluding hydrogens is 1570 g/mol. The largest absolute Gasteiger partial charge is 0.453 e. The summed E-state index contributed by atoms with van der Waals surface area (Å²) in [5.41, 5.74) is 34.4. The molecule has 0 unspecified atom stereocenters. The predicted molar refractivity (Wildman–Crippen MR) is 528 cm³/mol. The van der Waals surface area contributed by atoms with Crippen molar-refractivity contribution < 1.29 is 18.9 Å². The topological polar surface area (TPSA) is 59.7 Å². The Morgan fingerprint density at radius 1 is 0.188 bits per heavy atom. The fourth-order valence-corrected chi connectivity index (χ4v) is 19.8. The molecule has 6 heterocycles. The summed E-state index contributed by atoms with van der Waals surface area (Å²) in [5, 5.41) is 4.84. The molecule has 0 N–H and O–H groups in total. The van der Waals surface area contributed by atoms with Crippen LogP contribution in [-0.4, -0.2) is 9.13 Å². The van der Waals surface area contributed by atoms with Crippen LogP contribution in [0.3, 0.4) is 0 Å². The maximum atomic E-state index is 7.01. The Kier molecular flexibility index (Phi) is 17.3. The number of anilines is 12. The lowest BCUT2D eigenvalue weighted by Gasteiger charge is -2.34. The van der Waals surface area contributed by atoms with E-state index in [9.17, 15) is 0 Å². The molecule has 4 aliphatic rings. The minimum Gasteiger partial charge on any atom is -0.453 e. The van der Waals surface area contributed by atoms with Gasteiger partial charge in [0.25, 0.3) is 0 Å². The highest BCUT2D eigenvalue weighted by molar-refractivity contribution is 6.20. The van der Waals surface area contributed by atoms with Gasteiger partial charge in [0.05, 0.1) is 67.6 Å². The van der Waals surface area contributed by atoms with Crippen LogP contribution in [0.2, 0.25) is 0 Å². The number of hydrogen-bond donors (Lipinski definition) is 0. The summed E-state index contributed by atoms with van der Waals surface area (Å²) in [7, 11) is 0. The number of aryl methyl sites for hydroxylation is 2. The Bertz CT molecular complexity index is 7820. The van der Waals surface area contributed by atoms with Crippen LogP contribution in [0.5, 0.6) is 46.0 Å². The lowest BCUT2D eigenvalue weighted by Crippen LogP contribution is -2.16. The predicted octanol–water partition coefficient (Wildman–Crippen LogP) is 33.7. The molecule has 128 heavy (non-hydrogen) atoms. The maximum Gasteiger partial charge on any atom is 0.152 e. The second-order valence-electron chi connectivity index (χ2n) is 36.2. The zero-order valence-corrected chi connectivity index (χ0v) is 72.3. The molecule has 0 radical (unpaired) electrons. The molecule has 0 spiro atoms. The van der Waals surface area contributed by atoms with E-state index in [1.165, 1.54) is 49.4 Å². The van der Waals surface area contributed by atoms with Gasteiger partial charge >= 0.3 is 0 Å². The van der Waals surface area contributed by atoms with Crippen LogP contribution >= 0.6 is 0 Å². The van der Waals surface area contributed by atoms with Crippen LogP contribution in [0, 0.1) is 13.8 Å². The monoisotopic (exact) mass is 1650 g/mol. The van der Waals surface area contributed by atoms with Crippen molar-refractivity contribution in [3.05, 3.63) is 411 Å². The first-order valence-electron chi connectivity index (χ1n) is 44.1. The highest BCUT2D eigenvalue weighted by atomic mass is 16.5. The average molecular weight is 1650 g/mol. The average Bonchev–Trinajstić information content (AvgIpc) is 1.56. The number of fused-ring (bicyclic) bond motifs is 14. The van der Waals surface area contributed by atoms with Crippen molar-refractivity contribution in [1.82, 2.24) is 9.13 Å². The number of ether oxygens (including phenoxy) is 4. The van der Waals surface area contributed by atoms with Gasteiger partial charge in [0.15, 0.2) is 46.0 Å². The van der Waals surface area contributed by atoms with E-state index in [2.05, 4.69) is 418 Å². The van der Waals surface area contributed by atoms with Crippen molar-refractivity contribution in [3.8, 4) is 113 Å². The Morgan fingerprint density at radius 3 is 0.688 bits per heavy atom. The molecule has 18 aromatic carbocycles. The molecule has 4 aliphatic heterocycles. The Morgan fingerprint density at radius 2 is 0.414 bits per heavy atom. The third kappa shape index (κ3) is 12.4. The molecule has 20 aromatic rings. The van der Waals surface area contributed by atoms with Gasteiger partial charge < -0.3 is 47.7 Å². The van der Waals surface area contributed by atoms with Crippen molar-refractivity contribution in [1.29, 1.82) is 0 Å². The second-order valence-corrected chi connectivity index (χ2v) is 36.2. The lowest BCUT2D eigenvalue weighted by atomic mass is 9.82. The van der Waals surface area contributed by atoms with Gasteiger partial charge in [-0.3, -0.25) is 0 Å². The van der Waals surface area contributed by atoms with Gasteiger partial charge in [-0.15, -0.1) is 0 Å². The molecule has 0 atom stereocenters. The molecule has 10 heteroatoms. The SMILES string of the molecule is Cc1cc(-c2ccc(N3c4ccccc4Oc4ccccc43)cc2)c2c(c1)c1cc(C)cc(-c3ccc(N4c5ccccc5Oc5cc(-c6ccc7c(c6)Oc6ccccc6N7c6ccc(-c7cc(C(C)(C)C)cc8c9cc(C(C)(C)C)cc(-c%10ccc(N%11c%12ccccc%12Oc%12ccccc%12%11)cc%10)c9n(-c9ccccc9)c78)cc6)ccc54)cc3)c1n2-c1ccccc1. The van der Waals surface area contributed by atoms with Gasteiger partial charge in [-0.05, 0) is 299 Å². The number of para-hydroxylation sites is 14. The molecule has 0 amide bonds.